The monoisotopic (exact) mass is 560 g/mol. The number of Topliss-reactive ketones (excluding diaryl/α,β-unsaturated/α-hetero) is 1. The molecule has 0 spiro atoms. The van der Waals surface area contributed by atoms with Crippen molar-refractivity contribution >= 4 is 19.0 Å². The molecule has 0 bridgehead atoms. The lowest BCUT2D eigenvalue weighted by Gasteiger charge is -2.39. The van der Waals surface area contributed by atoms with Gasteiger partial charge in [0.25, 0.3) is 0 Å². The first-order valence-corrected chi connectivity index (χ1v) is 15.9. The summed E-state index contributed by atoms with van der Waals surface area (Å²) in [6.07, 6.45) is 4.42. The van der Waals surface area contributed by atoms with E-state index in [1.807, 2.05) is 24.3 Å². The molecule has 2 unspecified atom stereocenters. The number of hydrogen-bond donors (Lipinski definition) is 0. The van der Waals surface area contributed by atoms with Gasteiger partial charge in [-0.3, -0.25) is 4.79 Å². The molecular weight excluding hydrogens is 523 g/mol. The van der Waals surface area contributed by atoms with Crippen LogP contribution in [0.5, 0.6) is 0 Å². The first kappa shape index (κ1) is 27.5. The van der Waals surface area contributed by atoms with Crippen LogP contribution in [0.15, 0.2) is 88.1 Å². The maximum Gasteiger partial charge on any atom is 0.135 e. The number of aryl methyl sites for hydroxylation is 6. The zero-order valence-electron chi connectivity index (χ0n) is 24.7. The maximum absolute atomic E-state index is 13.4. The molecule has 5 aromatic rings. The lowest BCUT2D eigenvalue weighted by atomic mass is 9.89. The van der Waals surface area contributed by atoms with Crippen molar-refractivity contribution in [3.05, 3.63) is 124 Å². The predicted octanol–water partition coefficient (Wildman–Crippen LogP) is 10.0. The highest BCUT2D eigenvalue weighted by molar-refractivity contribution is 7.67. The summed E-state index contributed by atoms with van der Waals surface area (Å²) >= 11 is 0. The first-order chi connectivity index (χ1) is 19.7. The van der Waals surface area contributed by atoms with E-state index in [0.29, 0.717) is 12.8 Å². The molecule has 1 aliphatic heterocycles. The topological polar surface area (TPSA) is 43.4 Å². The van der Waals surface area contributed by atoms with Crippen molar-refractivity contribution in [1.29, 1.82) is 0 Å². The highest BCUT2D eigenvalue weighted by atomic mass is 31.1. The molecule has 4 heteroatoms. The number of furan rings is 2. The van der Waals surface area contributed by atoms with Crippen LogP contribution in [0.25, 0.3) is 22.3 Å². The third kappa shape index (κ3) is 5.02. The Hall–Kier alpha value is -3.68. The lowest BCUT2D eigenvalue weighted by Crippen LogP contribution is -2.26. The van der Waals surface area contributed by atoms with Gasteiger partial charge in [-0.25, -0.2) is 0 Å². The Morgan fingerprint density at radius 2 is 1.02 bits per heavy atom. The first-order valence-electron chi connectivity index (χ1n) is 14.4. The number of carbonyl (C=O) groups excluding carboxylic acids is 1. The predicted molar refractivity (Wildman–Crippen MR) is 169 cm³/mol. The Balaban J connectivity index is 1.73. The van der Waals surface area contributed by atoms with Gasteiger partial charge < -0.3 is 8.83 Å². The maximum atomic E-state index is 13.4. The van der Waals surface area contributed by atoms with Crippen LogP contribution in [0.3, 0.4) is 0 Å². The van der Waals surface area contributed by atoms with Gasteiger partial charge in [-0.15, -0.1) is 0 Å². The van der Waals surface area contributed by atoms with Crippen molar-refractivity contribution in [3.63, 3.8) is 0 Å². The molecule has 0 aliphatic carbocycles. The van der Waals surface area contributed by atoms with E-state index < -0.39 is 7.92 Å². The second-order valence-corrected chi connectivity index (χ2v) is 14.2. The molecule has 6 rings (SSSR count). The average Bonchev–Trinajstić information content (AvgIpc) is 3.63. The molecule has 3 heterocycles. The molecule has 1 fully saturated rings. The van der Waals surface area contributed by atoms with Crippen LogP contribution in [0.1, 0.15) is 69.1 Å². The smallest absolute Gasteiger partial charge is 0.135 e. The Morgan fingerprint density at radius 1 is 0.610 bits per heavy atom. The molecule has 208 valence electrons. The van der Waals surface area contributed by atoms with E-state index in [1.54, 1.807) is 12.5 Å². The molecule has 2 aromatic heterocycles. The fourth-order valence-corrected chi connectivity index (χ4v) is 10.7. The summed E-state index contributed by atoms with van der Waals surface area (Å²) in [5, 5.41) is 1.34. The Bertz CT molecular complexity index is 1560. The van der Waals surface area contributed by atoms with Gasteiger partial charge in [0, 0.05) is 24.2 Å². The van der Waals surface area contributed by atoms with E-state index in [1.165, 1.54) is 60.9 Å². The Morgan fingerprint density at radius 3 is 1.39 bits per heavy atom. The van der Waals surface area contributed by atoms with Crippen molar-refractivity contribution in [2.24, 2.45) is 0 Å². The summed E-state index contributed by atoms with van der Waals surface area (Å²) in [4.78, 5) is 13.4. The highest BCUT2D eigenvalue weighted by Crippen LogP contribution is 2.68. The van der Waals surface area contributed by atoms with Crippen molar-refractivity contribution in [2.45, 2.75) is 65.7 Å². The summed E-state index contributed by atoms with van der Waals surface area (Å²) in [6.45, 7) is 13.2. The molecule has 0 radical (unpaired) electrons. The molecule has 1 saturated heterocycles. The summed E-state index contributed by atoms with van der Waals surface area (Å²) in [5.74, 6) is 2.03. The second kappa shape index (κ2) is 11.0. The minimum absolute atomic E-state index is 0.0478. The third-order valence-electron chi connectivity index (χ3n) is 8.44. The van der Waals surface area contributed by atoms with Gasteiger partial charge in [0.15, 0.2) is 0 Å². The van der Waals surface area contributed by atoms with Crippen LogP contribution in [-0.2, 0) is 4.79 Å². The summed E-state index contributed by atoms with van der Waals surface area (Å²) in [7, 11) is -0.983. The zero-order valence-corrected chi connectivity index (χ0v) is 25.6. The fraction of sp³-hybridized carbons (Fsp3) is 0.270. The van der Waals surface area contributed by atoms with Gasteiger partial charge in [-0.1, -0.05) is 61.5 Å². The molecule has 41 heavy (non-hydrogen) atoms. The SMILES string of the molecule is Cc1cc(C)c(-c2cccc(-c3c(C)cc(C)cc3C)c2P2C(c3ccco3)CC(=O)CC2c2ccco2)c(C)c1. The summed E-state index contributed by atoms with van der Waals surface area (Å²) in [5.41, 5.74) is 12.6. The van der Waals surface area contributed by atoms with Crippen molar-refractivity contribution < 1.29 is 13.6 Å². The molecule has 0 saturated carbocycles. The summed E-state index contributed by atoms with van der Waals surface area (Å²) < 4.78 is 12.2. The van der Waals surface area contributed by atoms with Crippen molar-refractivity contribution in [1.82, 2.24) is 0 Å². The van der Waals surface area contributed by atoms with Gasteiger partial charge in [0.1, 0.15) is 17.3 Å². The van der Waals surface area contributed by atoms with Gasteiger partial charge >= 0.3 is 0 Å². The molecule has 2 atom stereocenters. The van der Waals surface area contributed by atoms with Crippen molar-refractivity contribution in [3.8, 4) is 22.3 Å². The van der Waals surface area contributed by atoms with E-state index in [0.717, 1.165) is 11.5 Å². The number of carbonyl (C=O) groups is 1. The number of ketones is 1. The Kier molecular flexibility index (Phi) is 7.34. The fourth-order valence-electron chi connectivity index (χ4n) is 7.11. The number of hydrogen-bond acceptors (Lipinski definition) is 3. The standard InChI is InChI=1S/C37H37O3P/c1-22-16-24(3)35(25(4)17-22)29-10-7-11-30(36-26(5)18-23(2)19-27(36)6)37(29)41-33(31-12-8-14-39-31)20-28(38)21-34(41)32-13-9-15-40-32/h7-19,33-34H,20-21H2,1-6H3. The minimum Gasteiger partial charge on any atom is -0.469 e. The highest BCUT2D eigenvalue weighted by Gasteiger charge is 2.44. The van der Waals surface area contributed by atoms with Crippen LogP contribution >= 0.6 is 7.92 Å². The molecule has 3 nitrogen and oxygen atoms in total. The molecule has 3 aromatic carbocycles. The number of benzene rings is 3. The van der Waals surface area contributed by atoms with E-state index in [2.05, 4.69) is 84.0 Å². The largest absolute Gasteiger partial charge is 0.469 e. The summed E-state index contributed by atoms with van der Waals surface area (Å²) in [6, 6.07) is 23.9. The van der Waals surface area contributed by atoms with Crippen LogP contribution in [0.4, 0.5) is 0 Å². The lowest BCUT2D eigenvalue weighted by molar-refractivity contribution is -0.119. The molecule has 0 N–H and O–H groups in total. The second-order valence-electron chi connectivity index (χ2n) is 11.7. The molecule has 0 amide bonds. The van der Waals surface area contributed by atoms with E-state index in [-0.39, 0.29) is 17.1 Å². The van der Waals surface area contributed by atoms with E-state index >= 15 is 0 Å². The molecular formula is C37H37O3P. The van der Waals surface area contributed by atoms with Crippen molar-refractivity contribution in [2.75, 3.05) is 0 Å². The minimum atomic E-state index is -0.983. The van der Waals surface area contributed by atoms with Crippen LogP contribution in [-0.4, -0.2) is 5.78 Å². The van der Waals surface area contributed by atoms with Crippen LogP contribution in [0.2, 0.25) is 0 Å². The van der Waals surface area contributed by atoms with Gasteiger partial charge in [-0.05, 0) is 116 Å². The quantitative estimate of drug-likeness (QED) is 0.201. The normalized spacial score (nSPS) is 19.1. The van der Waals surface area contributed by atoms with E-state index in [4.69, 9.17) is 8.83 Å². The Labute approximate surface area is 244 Å². The number of rotatable bonds is 5. The average molecular weight is 561 g/mol. The zero-order chi connectivity index (χ0) is 28.8. The molecule has 1 aliphatic rings. The van der Waals surface area contributed by atoms with Crippen LogP contribution in [0, 0.1) is 41.5 Å². The van der Waals surface area contributed by atoms with Crippen LogP contribution < -0.4 is 5.30 Å². The van der Waals surface area contributed by atoms with Gasteiger partial charge in [0.05, 0.1) is 12.5 Å². The van der Waals surface area contributed by atoms with Gasteiger partial charge in [0.2, 0.25) is 0 Å². The van der Waals surface area contributed by atoms with E-state index in [9.17, 15) is 4.79 Å². The third-order valence-corrected chi connectivity index (χ3v) is 11.7. The van der Waals surface area contributed by atoms with Gasteiger partial charge in [-0.2, -0.15) is 0 Å².